The van der Waals surface area contributed by atoms with Crippen LogP contribution in [0.1, 0.15) is 37.9 Å². The van der Waals surface area contributed by atoms with Gasteiger partial charge in [-0.3, -0.25) is 4.90 Å². The van der Waals surface area contributed by atoms with Crippen molar-refractivity contribution in [1.29, 1.82) is 0 Å². The van der Waals surface area contributed by atoms with Gasteiger partial charge in [0.25, 0.3) is 0 Å². The van der Waals surface area contributed by atoms with Gasteiger partial charge in [-0.25, -0.2) is 9.59 Å². The minimum absolute atomic E-state index is 0.166. The number of methoxy groups -OCH3 is 1. The molecule has 0 aliphatic rings. The SMILES string of the molecule is COc1ccc([C@H](CSC(C)(C)C)N(C(=O)OCC(Cl)(Cl)Cl)[C@@H](COCc2ccccc2)C(=O)O)cc1. The monoisotopic (exact) mass is 591 g/mol. The average molecular weight is 593 g/mol. The fraction of sp³-hybridized carbons (Fsp3) is 0.462. The van der Waals surface area contributed by atoms with Crippen LogP contribution in [0.2, 0.25) is 0 Å². The Morgan fingerprint density at radius 3 is 2.16 bits per heavy atom. The number of thioether (sulfide) groups is 1. The Morgan fingerprint density at radius 2 is 1.65 bits per heavy atom. The van der Waals surface area contributed by atoms with E-state index in [1.54, 1.807) is 43.1 Å². The molecule has 0 heterocycles. The van der Waals surface area contributed by atoms with Crippen LogP contribution in [0.25, 0.3) is 0 Å². The van der Waals surface area contributed by atoms with Gasteiger partial charge >= 0.3 is 12.1 Å². The Kier molecular flexibility index (Phi) is 12.2. The second kappa shape index (κ2) is 14.4. The van der Waals surface area contributed by atoms with Crippen molar-refractivity contribution in [3.05, 3.63) is 65.7 Å². The number of alkyl halides is 3. The lowest BCUT2D eigenvalue weighted by Gasteiger charge is -2.37. The van der Waals surface area contributed by atoms with Gasteiger partial charge in [0.05, 0.1) is 26.4 Å². The van der Waals surface area contributed by atoms with Crippen LogP contribution >= 0.6 is 46.6 Å². The van der Waals surface area contributed by atoms with Crippen molar-refractivity contribution < 1.29 is 28.9 Å². The van der Waals surface area contributed by atoms with Gasteiger partial charge in [-0.15, -0.1) is 0 Å². The van der Waals surface area contributed by atoms with Crippen LogP contribution in [0.4, 0.5) is 4.79 Å². The molecule has 2 aromatic carbocycles. The Labute approximate surface area is 237 Å². The predicted molar refractivity (Wildman–Crippen MR) is 149 cm³/mol. The molecule has 0 aliphatic heterocycles. The second-order valence-corrected chi connectivity index (χ2v) is 13.5. The summed E-state index contributed by atoms with van der Waals surface area (Å²) in [7, 11) is 1.55. The van der Waals surface area contributed by atoms with E-state index in [2.05, 4.69) is 0 Å². The number of aliphatic carboxylic acids is 1. The van der Waals surface area contributed by atoms with Crippen LogP contribution in [0, 0.1) is 0 Å². The van der Waals surface area contributed by atoms with E-state index in [-0.39, 0.29) is 18.0 Å². The van der Waals surface area contributed by atoms with Gasteiger partial charge < -0.3 is 19.3 Å². The third-order valence-corrected chi connectivity index (χ3v) is 6.76. The Bertz CT molecular complexity index is 996. The summed E-state index contributed by atoms with van der Waals surface area (Å²) < 4.78 is 14.3. The Hall–Kier alpha value is -1.84. The van der Waals surface area contributed by atoms with Gasteiger partial charge in [-0.2, -0.15) is 11.8 Å². The molecule has 0 fully saturated rings. The fourth-order valence-corrected chi connectivity index (χ4v) is 4.49. The number of ether oxygens (including phenoxy) is 3. The number of rotatable bonds is 12. The highest BCUT2D eigenvalue weighted by Gasteiger charge is 2.39. The van der Waals surface area contributed by atoms with Crippen LogP contribution in [-0.4, -0.2) is 62.7 Å². The number of halogens is 3. The first-order valence-electron chi connectivity index (χ1n) is 11.4. The van der Waals surface area contributed by atoms with Gasteiger partial charge in [-0.05, 0) is 23.3 Å². The molecule has 0 unspecified atom stereocenters. The van der Waals surface area contributed by atoms with Crippen LogP contribution in [0.5, 0.6) is 5.75 Å². The van der Waals surface area contributed by atoms with Gasteiger partial charge in [0, 0.05) is 10.5 Å². The zero-order valence-electron chi connectivity index (χ0n) is 21.2. The number of carboxylic acid groups (broad SMARTS) is 1. The minimum atomic E-state index is -1.86. The van der Waals surface area contributed by atoms with E-state index in [1.807, 2.05) is 51.1 Å². The summed E-state index contributed by atoms with van der Waals surface area (Å²) in [5, 5.41) is 10.2. The van der Waals surface area contributed by atoms with E-state index >= 15 is 0 Å². The van der Waals surface area contributed by atoms with Crippen molar-refractivity contribution in [3.63, 3.8) is 0 Å². The summed E-state index contributed by atoms with van der Waals surface area (Å²) in [5.41, 5.74) is 1.56. The van der Waals surface area contributed by atoms with Crippen molar-refractivity contribution in [2.24, 2.45) is 0 Å². The molecule has 7 nitrogen and oxygen atoms in total. The van der Waals surface area contributed by atoms with Gasteiger partial charge in [0.15, 0.2) is 6.04 Å². The summed E-state index contributed by atoms with van der Waals surface area (Å²) >= 11 is 19.0. The summed E-state index contributed by atoms with van der Waals surface area (Å²) in [6.45, 7) is 5.45. The van der Waals surface area contributed by atoms with Crippen LogP contribution < -0.4 is 4.74 Å². The standard InChI is InChI=1S/C26H32Cl3NO6S/c1-25(2,3)37-16-22(19-10-12-20(34-4)13-11-19)30(24(33)36-17-26(27,28)29)21(23(31)32)15-35-14-18-8-6-5-7-9-18/h5-13,21-22H,14-17H2,1-4H3,(H,31,32)/t21-,22-/m0/s1. The van der Waals surface area contributed by atoms with Crippen molar-refractivity contribution in [2.75, 3.05) is 26.1 Å². The molecule has 2 aromatic rings. The highest BCUT2D eigenvalue weighted by Crippen LogP contribution is 2.35. The number of carbonyl (C=O) groups is 2. The Balaban J connectivity index is 2.44. The third kappa shape index (κ3) is 11.2. The molecule has 0 saturated heterocycles. The molecule has 0 radical (unpaired) electrons. The number of hydrogen-bond acceptors (Lipinski definition) is 6. The lowest BCUT2D eigenvalue weighted by molar-refractivity contribution is -0.146. The maximum Gasteiger partial charge on any atom is 0.411 e. The van der Waals surface area contributed by atoms with Crippen LogP contribution in [0.15, 0.2) is 54.6 Å². The van der Waals surface area contributed by atoms with Crippen molar-refractivity contribution in [1.82, 2.24) is 4.90 Å². The van der Waals surface area contributed by atoms with E-state index in [1.165, 1.54) is 0 Å². The zero-order chi connectivity index (χ0) is 27.6. The first-order chi connectivity index (χ1) is 17.3. The predicted octanol–water partition coefficient (Wildman–Crippen LogP) is 6.75. The molecule has 1 N–H and O–H groups in total. The largest absolute Gasteiger partial charge is 0.497 e. The molecule has 2 atom stereocenters. The number of amides is 1. The van der Waals surface area contributed by atoms with Gasteiger partial charge in [-0.1, -0.05) is 98.0 Å². The maximum absolute atomic E-state index is 13.4. The smallest absolute Gasteiger partial charge is 0.411 e. The Morgan fingerprint density at radius 1 is 1.03 bits per heavy atom. The van der Waals surface area contributed by atoms with E-state index in [0.717, 1.165) is 10.5 Å². The molecular weight excluding hydrogens is 561 g/mol. The quantitative estimate of drug-likeness (QED) is 0.273. The van der Waals surface area contributed by atoms with Gasteiger partial charge in [0.2, 0.25) is 3.79 Å². The number of carboxylic acids is 1. The topological polar surface area (TPSA) is 85.3 Å². The molecule has 2 rings (SSSR count). The molecular formula is C26H32Cl3NO6S. The lowest BCUT2D eigenvalue weighted by Crippen LogP contribution is -2.51. The lowest BCUT2D eigenvalue weighted by atomic mass is 10.0. The number of carbonyl (C=O) groups excluding carboxylic acids is 1. The molecule has 0 saturated carbocycles. The molecule has 37 heavy (non-hydrogen) atoms. The highest BCUT2D eigenvalue weighted by molar-refractivity contribution is 8.00. The fourth-order valence-electron chi connectivity index (χ4n) is 3.32. The summed E-state index contributed by atoms with van der Waals surface area (Å²) in [6, 6.07) is 14.3. The molecule has 0 aliphatic carbocycles. The molecule has 0 bridgehead atoms. The summed E-state index contributed by atoms with van der Waals surface area (Å²) in [5.74, 6) is -0.253. The van der Waals surface area contributed by atoms with E-state index < -0.39 is 34.5 Å². The van der Waals surface area contributed by atoms with Crippen LogP contribution in [0.3, 0.4) is 0 Å². The first-order valence-corrected chi connectivity index (χ1v) is 13.6. The van der Waals surface area contributed by atoms with Gasteiger partial charge in [0.1, 0.15) is 12.4 Å². The second-order valence-electron chi connectivity index (χ2n) is 9.14. The van der Waals surface area contributed by atoms with Crippen LogP contribution in [-0.2, 0) is 20.9 Å². The molecule has 0 spiro atoms. The zero-order valence-corrected chi connectivity index (χ0v) is 24.2. The number of hydrogen-bond donors (Lipinski definition) is 1. The number of nitrogens with zero attached hydrogens (tertiary/aromatic N) is 1. The highest BCUT2D eigenvalue weighted by atomic mass is 35.6. The third-order valence-electron chi connectivity index (χ3n) is 5.09. The molecule has 11 heteroatoms. The molecule has 0 aromatic heterocycles. The van der Waals surface area contributed by atoms with E-state index in [0.29, 0.717) is 17.1 Å². The summed E-state index contributed by atoms with van der Waals surface area (Å²) in [4.78, 5) is 27.1. The number of benzene rings is 2. The first kappa shape index (κ1) is 31.4. The molecule has 1 amide bonds. The normalized spacial score (nSPS) is 13.5. The van der Waals surface area contributed by atoms with Crippen molar-refractivity contribution in [2.45, 2.75) is 48.0 Å². The molecule has 204 valence electrons. The minimum Gasteiger partial charge on any atom is -0.497 e. The summed E-state index contributed by atoms with van der Waals surface area (Å²) in [6.07, 6.45) is -0.933. The van der Waals surface area contributed by atoms with E-state index in [9.17, 15) is 14.7 Å². The maximum atomic E-state index is 13.4. The van der Waals surface area contributed by atoms with Crippen molar-refractivity contribution >= 4 is 58.6 Å². The van der Waals surface area contributed by atoms with E-state index in [4.69, 9.17) is 49.0 Å². The van der Waals surface area contributed by atoms with Crippen molar-refractivity contribution in [3.8, 4) is 5.75 Å². The average Bonchev–Trinajstić information content (AvgIpc) is 2.83.